The Morgan fingerprint density at radius 2 is 1.92 bits per heavy atom. The Kier molecular flexibility index (Phi) is 5.13. The van der Waals surface area contributed by atoms with Gasteiger partial charge in [-0.25, -0.2) is 0 Å². The molecule has 3 nitrogen and oxygen atoms in total. The maximum absolute atomic E-state index is 11.5. The van der Waals surface area contributed by atoms with Crippen LogP contribution in [-0.4, -0.2) is 25.8 Å². The van der Waals surface area contributed by atoms with Crippen LogP contribution in [0.3, 0.4) is 0 Å². The summed E-state index contributed by atoms with van der Waals surface area (Å²) in [4.78, 5) is 10.3. The number of carbonyl (C=O) groups is 1. The van der Waals surface area contributed by atoms with Gasteiger partial charge in [0.15, 0.2) is 0 Å². The third-order valence-corrected chi connectivity index (χ3v) is 3.92. The Balaban J connectivity index is 4.01. The summed E-state index contributed by atoms with van der Waals surface area (Å²) in [6.07, 6.45) is 0.827. The molecule has 0 aliphatic rings. The summed E-state index contributed by atoms with van der Waals surface area (Å²) in [6.45, 7) is 5.56. The van der Waals surface area contributed by atoms with Crippen molar-refractivity contribution in [1.29, 1.82) is 0 Å². The van der Waals surface area contributed by atoms with Gasteiger partial charge in [-0.2, -0.15) is 0 Å². The van der Waals surface area contributed by atoms with Crippen LogP contribution >= 0.6 is 0 Å². The maximum atomic E-state index is 11.5. The Labute approximate surface area is 75.6 Å². The predicted octanol–water partition coefficient (Wildman–Crippen LogP) is 1.40. The second-order valence-corrected chi connectivity index (χ2v) is 5.22. The molecule has 72 valence electrons. The molecule has 0 heterocycles. The van der Waals surface area contributed by atoms with Crippen molar-refractivity contribution in [3.63, 3.8) is 0 Å². The molecule has 12 heavy (non-hydrogen) atoms. The second kappa shape index (κ2) is 5.30. The molecule has 0 saturated heterocycles. The van der Waals surface area contributed by atoms with Crippen LogP contribution in [0.1, 0.15) is 33.6 Å². The van der Waals surface area contributed by atoms with E-state index in [1.54, 1.807) is 6.92 Å². The fraction of sp³-hybridized carbons (Fsp3) is 0.875. The standard InChI is InChI=1S/C8H16O3S/c1-4-6(2)12(11)7(3)5-8(9)10/h6-7H,4-5H2,1-3H3,(H,9,10). The highest BCUT2D eigenvalue weighted by Crippen LogP contribution is 2.09. The highest BCUT2D eigenvalue weighted by atomic mass is 32.2. The number of aliphatic carboxylic acids is 1. The van der Waals surface area contributed by atoms with Crippen molar-refractivity contribution in [2.75, 3.05) is 0 Å². The average Bonchev–Trinajstić information content (AvgIpc) is 2.00. The molecule has 3 atom stereocenters. The predicted molar refractivity (Wildman–Crippen MR) is 49.6 cm³/mol. The monoisotopic (exact) mass is 192 g/mol. The second-order valence-electron chi connectivity index (χ2n) is 2.96. The van der Waals surface area contributed by atoms with E-state index in [9.17, 15) is 9.00 Å². The van der Waals surface area contributed by atoms with E-state index in [4.69, 9.17) is 5.11 Å². The van der Waals surface area contributed by atoms with Crippen molar-refractivity contribution in [3.8, 4) is 0 Å². The molecular weight excluding hydrogens is 176 g/mol. The number of hydrogen-bond donors (Lipinski definition) is 1. The number of hydrogen-bond acceptors (Lipinski definition) is 2. The summed E-state index contributed by atoms with van der Waals surface area (Å²) in [7, 11) is -1.01. The molecule has 4 heteroatoms. The molecule has 0 saturated carbocycles. The maximum Gasteiger partial charge on any atom is 0.304 e. The SMILES string of the molecule is CCC(C)S(=O)C(C)CC(=O)O. The Morgan fingerprint density at radius 3 is 2.25 bits per heavy atom. The quantitative estimate of drug-likeness (QED) is 0.716. The minimum absolute atomic E-state index is 0.00302. The Bertz CT molecular complexity index is 179. The van der Waals surface area contributed by atoms with Crippen LogP contribution in [-0.2, 0) is 15.6 Å². The lowest BCUT2D eigenvalue weighted by Crippen LogP contribution is -2.23. The molecule has 0 rings (SSSR count). The molecule has 0 aliphatic carbocycles. The molecule has 1 N–H and O–H groups in total. The first-order chi connectivity index (χ1) is 5.49. The highest BCUT2D eigenvalue weighted by Gasteiger charge is 2.18. The third kappa shape index (κ3) is 3.85. The van der Waals surface area contributed by atoms with Crippen molar-refractivity contribution >= 4 is 16.8 Å². The molecule has 0 aromatic heterocycles. The van der Waals surface area contributed by atoms with Crippen LogP contribution < -0.4 is 0 Å². The van der Waals surface area contributed by atoms with Crippen LogP contribution in [0.25, 0.3) is 0 Å². The molecule has 0 fully saturated rings. The van der Waals surface area contributed by atoms with E-state index in [1.165, 1.54) is 0 Å². The summed E-state index contributed by atoms with van der Waals surface area (Å²) >= 11 is 0. The van der Waals surface area contributed by atoms with Gasteiger partial charge in [0, 0.05) is 21.3 Å². The molecule has 0 aromatic rings. The van der Waals surface area contributed by atoms with Gasteiger partial charge in [0.1, 0.15) is 0 Å². The zero-order chi connectivity index (χ0) is 9.72. The molecule has 3 unspecified atom stereocenters. The lowest BCUT2D eigenvalue weighted by atomic mass is 10.3. The van der Waals surface area contributed by atoms with Crippen LogP contribution in [0.15, 0.2) is 0 Å². The van der Waals surface area contributed by atoms with Gasteiger partial charge in [0.25, 0.3) is 0 Å². The first-order valence-electron chi connectivity index (χ1n) is 4.10. The lowest BCUT2D eigenvalue weighted by molar-refractivity contribution is -0.136. The normalized spacial score (nSPS) is 18.2. The van der Waals surface area contributed by atoms with E-state index in [2.05, 4.69) is 0 Å². The summed E-state index contributed by atoms with van der Waals surface area (Å²) in [5, 5.41) is 8.31. The van der Waals surface area contributed by atoms with Gasteiger partial charge in [-0.1, -0.05) is 20.8 Å². The van der Waals surface area contributed by atoms with Crippen molar-refractivity contribution in [2.24, 2.45) is 0 Å². The van der Waals surface area contributed by atoms with E-state index in [0.29, 0.717) is 0 Å². The molecular formula is C8H16O3S. The zero-order valence-corrected chi connectivity index (χ0v) is 8.56. The molecule has 0 spiro atoms. The number of carboxylic acid groups (broad SMARTS) is 1. The molecule has 0 aliphatic heterocycles. The van der Waals surface area contributed by atoms with Gasteiger partial charge in [-0.15, -0.1) is 0 Å². The minimum atomic E-state index is -1.01. The fourth-order valence-corrected chi connectivity index (χ4v) is 2.32. The summed E-state index contributed by atoms with van der Waals surface area (Å²) in [5.41, 5.74) is 0. The van der Waals surface area contributed by atoms with Gasteiger partial charge in [0.05, 0.1) is 6.42 Å². The first-order valence-corrected chi connectivity index (χ1v) is 5.37. The van der Waals surface area contributed by atoms with Crippen molar-refractivity contribution in [2.45, 2.75) is 44.1 Å². The van der Waals surface area contributed by atoms with Gasteiger partial charge < -0.3 is 5.11 Å². The van der Waals surface area contributed by atoms with Gasteiger partial charge in [-0.05, 0) is 6.42 Å². The van der Waals surface area contributed by atoms with Crippen LogP contribution in [0.5, 0.6) is 0 Å². The van der Waals surface area contributed by atoms with Crippen LogP contribution in [0, 0.1) is 0 Å². The number of rotatable bonds is 5. The van der Waals surface area contributed by atoms with Gasteiger partial charge in [0.2, 0.25) is 0 Å². The van der Waals surface area contributed by atoms with E-state index in [-0.39, 0.29) is 16.9 Å². The van der Waals surface area contributed by atoms with Crippen molar-refractivity contribution < 1.29 is 14.1 Å². The molecule has 0 bridgehead atoms. The van der Waals surface area contributed by atoms with Crippen LogP contribution in [0.4, 0.5) is 0 Å². The van der Waals surface area contributed by atoms with E-state index < -0.39 is 16.8 Å². The topological polar surface area (TPSA) is 54.4 Å². The summed E-state index contributed by atoms with van der Waals surface area (Å²) in [5.74, 6) is -0.876. The van der Waals surface area contributed by atoms with E-state index >= 15 is 0 Å². The smallest absolute Gasteiger partial charge is 0.304 e. The Hall–Kier alpha value is -0.380. The highest BCUT2D eigenvalue weighted by molar-refractivity contribution is 7.86. The number of carboxylic acids is 1. The zero-order valence-electron chi connectivity index (χ0n) is 7.74. The lowest BCUT2D eigenvalue weighted by Gasteiger charge is -2.13. The Morgan fingerprint density at radius 1 is 1.42 bits per heavy atom. The van der Waals surface area contributed by atoms with E-state index in [0.717, 1.165) is 6.42 Å². The molecule has 0 radical (unpaired) electrons. The minimum Gasteiger partial charge on any atom is -0.481 e. The molecule has 0 aromatic carbocycles. The van der Waals surface area contributed by atoms with Gasteiger partial charge >= 0.3 is 5.97 Å². The van der Waals surface area contributed by atoms with Crippen molar-refractivity contribution in [3.05, 3.63) is 0 Å². The first kappa shape index (κ1) is 11.6. The van der Waals surface area contributed by atoms with E-state index in [1.807, 2.05) is 13.8 Å². The van der Waals surface area contributed by atoms with Crippen LogP contribution in [0.2, 0.25) is 0 Å². The summed E-state index contributed by atoms with van der Waals surface area (Å²) in [6, 6.07) is 0. The van der Waals surface area contributed by atoms with Gasteiger partial charge in [-0.3, -0.25) is 9.00 Å². The largest absolute Gasteiger partial charge is 0.481 e. The summed E-state index contributed by atoms with van der Waals surface area (Å²) < 4.78 is 11.5. The third-order valence-electron chi connectivity index (χ3n) is 1.83. The fourth-order valence-electron chi connectivity index (χ4n) is 0.889. The van der Waals surface area contributed by atoms with Crippen molar-refractivity contribution in [1.82, 2.24) is 0 Å². The average molecular weight is 192 g/mol. The molecule has 0 amide bonds.